The first-order valence-electron chi connectivity index (χ1n) is 26.4. The molecule has 6 heterocycles. The molecule has 412 valence electrons. The lowest BCUT2D eigenvalue weighted by atomic mass is 9.46. The quantitative estimate of drug-likeness (QED) is 0.0977. The van der Waals surface area contributed by atoms with Gasteiger partial charge in [0.1, 0.15) is 91.1 Å². The lowest BCUT2D eigenvalue weighted by Crippen LogP contribution is -2.65. The van der Waals surface area contributed by atoms with Crippen molar-refractivity contribution < 1.29 is 109 Å². The molecule has 30 unspecified atom stereocenters. The second-order valence-electron chi connectivity index (χ2n) is 23.5. The van der Waals surface area contributed by atoms with Gasteiger partial charge in [0.25, 0.3) is 0 Å². The van der Waals surface area contributed by atoms with Crippen molar-refractivity contribution in [3.8, 4) is 0 Å². The average molecular weight is 1030 g/mol. The molecule has 6 saturated heterocycles. The molecule has 10 aliphatic rings. The van der Waals surface area contributed by atoms with Crippen LogP contribution in [-0.4, -0.2) is 228 Å². The van der Waals surface area contributed by atoms with Gasteiger partial charge in [0, 0.05) is 17.8 Å². The molecule has 3 saturated carbocycles. The van der Waals surface area contributed by atoms with Crippen molar-refractivity contribution in [3.05, 3.63) is 11.6 Å². The first-order chi connectivity index (χ1) is 34.1. The van der Waals surface area contributed by atoms with Gasteiger partial charge in [-0.3, -0.25) is 0 Å². The predicted octanol–water partition coefficient (Wildman–Crippen LogP) is -2.21. The highest BCUT2D eigenvalue weighted by Crippen LogP contribution is 2.72. The van der Waals surface area contributed by atoms with Crippen molar-refractivity contribution >= 4 is 0 Å². The molecule has 1 spiro atoms. The molecule has 0 aromatic rings. The van der Waals surface area contributed by atoms with E-state index in [0.29, 0.717) is 37.2 Å². The fourth-order valence-electron chi connectivity index (χ4n) is 15.1. The van der Waals surface area contributed by atoms with Crippen LogP contribution < -0.4 is 0 Å². The Kier molecular flexibility index (Phi) is 15.3. The summed E-state index contributed by atoms with van der Waals surface area (Å²) in [5.41, 5.74) is -0.258. The summed E-state index contributed by atoms with van der Waals surface area (Å²) in [6, 6.07) is 0. The first-order valence-corrected chi connectivity index (χ1v) is 26.4. The Morgan fingerprint density at radius 2 is 1.26 bits per heavy atom. The number of rotatable bonds is 11. The molecule has 0 bridgehead atoms. The Balaban J connectivity index is 0.832. The molecule has 4 aliphatic carbocycles. The molecular formula is C50H80O22. The van der Waals surface area contributed by atoms with Gasteiger partial charge in [-0.15, -0.1) is 0 Å². The van der Waals surface area contributed by atoms with Crippen LogP contribution >= 0.6 is 0 Å². The van der Waals surface area contributed by atoms with Crippen LogP contribution in [0, 0.1) is 40.4 Å². The van der Waals surface area contributed by atoms with Crippen LogP contribution in [-0.2, 0) is 47.4 Å². The van der Waals surface area contributed by atoms with Crippen molar-refractivity contribution in [1.29, 1.82) is 0 Å². The minimum atomic E-state index is -1.79. The Morgan fingerprint density at radius 3 is 1.97 bits per heavy atom. The number of hydrogen-bond acceptors (Lipinski definition) is 22. The van der Waals surface area contributed by atoms with Crippen LogP contribution in [0.1, 0.15) is 92.4 Å². The Morgan fingerprint density at radius 1 is 0.625 bits per heavy atom. The number of allylic oxidation sites excluding steroid dienone is 1. The van der Waals surface area contributed by atoms with Crippen molar-refractivity contribution in [2.24, 2.45) is 40.4 Å². The topological polar surface area (TPSA) is 335 Å². The summed E-state index contributed by atoms with van der Waals surface area (Å²) in [4.78, 5) is 0. The highest BCUT2D eigenvalue weighted by Gasteiger charge is 2.76. The Bertz CT molecular complexity index is 1920. The maximum Gasteiger partial charge on any atom is 0.187 e. The van der Waals surface area contributed by atoms with E-state index in [4.69, 9.17) is 47.4 Å². The standard InChI is InChI=1S/C50H80O22/c1-20-8-13-49(64-18-20)22(3)50(62)31(72-49)15-27-25-7-6-23-14-24(9-11-47(23,4)26(25)10-12-48(27,50)5)66-46-42(71-44-39(60)35(56)32(53)21(2)65-44)40(61)41(29(17-52)68-46)70-45-37(58)34(55)30(69-45)19-63-43-38(59)36(57)33(54)28(16-51)67-43/h6,20-22,24-46,51-62H,7-19H2,1-5H3. The zero-order chi connectivity index (χ0) is 51.6. The van der Waals surface area contributed by atoms with E-state index in [1.165, 1.54) is 12.5 Å². The molecule has 0 aromatic heterocycles. The van der Waals surface area contributed by atoms with E-state index in [2.05, 4.69) is 33.8 Å². The van der Waals surface area contributed by atoms with E-state index in [0.717, 1.165) is 44.9 Å². The average Bonchev–Trinajstić information content (AvgIpc) is 3.85. The summed E-state index contributed by atoms with van der Waals surface area (Å²) < 4.78 is 61.1. The van der Waals surface area contributed by atoms with E-state index in [1.807, 2.05) is 0 Å². The van der Waals surface area contributed by atoms with Crippen LogP contribution in [0.15, 0.2) is 11.6 Å². The van der Waals surface area contributed by atoms with Crippen molar-refractivity contribution in [3.63, 3.8) is 0 Å². The largest absolute Gasteiger partial charge is 0.394 e. The van der Waals surface area contributed by atoms with Gasteiger partial charge in [0.2, 0.25) is 0 Å². The normalized spacial score (nSPS) is 57.6. The number of fused-ring (bicyclic) bond motifs is 7. The Hall–Kier alpha value is -1.14. The highest BCUT2D eigenvalue weighted by atomic mass is 16.8. The van der Waals surface area contributed by atoms with E-state index in [9.17, 15) is 61.3 Å². The summed E-state index contributed by atoms with van der Waals surface area (Å²) in [6.07, 6.45) is -21.0. The molecule has 0 amide bonds. The fraction of sp³-hybridized carbons (Fsp3) is 0.960. The molecule has 22 heteroatoms. The van der Waals surface area contributed by atoms with Crippen LogP contribution in [0.3, 0.4) is 0 Å². The molecule has 22 nitrogen and oxygen atoms in total. The molecule has 0 aromatic carbocycles. The number of ether oxygens (including phenoxy) is 10. The van der Waals surface area contributed by atoms with Gasteiger partial charge in [-0.2, -0.15) is 0 Å². The van der Waals surface area contributed by atoms with Gasteiger partial charge < -0.3 is 109 Å². The molecule has 30 atom stereocenters. The van der Waals surface area contributed by atoms with Crippen molar-refractivity contribution in [2.75, 3.05) is 26.4 Å². The monoisotopic (exact) mass is 1030 g/mol. The first kappa shape index (κ1) is 54.2. The van der Waals surface area contributed by atoms with Crippen LogP contribution in [0.4, 0.5) is 0 Å². The van der Waals surface area contributed by atoms with Gasteiger partial charge >= 0.3 is 0 Å². The summed E-state index contributed by atoms with van der Waals surface area (Å²) in [5.74, 6) is 0.498. The SMILES string of the molecule is CC1CCC2(OC1)OC1CC3C4CC=C5CC(OC6OC(CO)C(OC7OC(COC8OC(CO)C(O)C(O)C8O)C(O)C7O)C(O)C6OC6OC(C)C(O)C(O)C6O)CCC5(C)C4CCC3(C)C1(O)C2C. The maximum absolute atomic E-state index is 12.9. The van der Waals surface area contributed by atoms with Gasteiger partial charge in [-0.05, 0) is 87.4 Å². The summed E-state index contributed by atoms with van der Waals surface area (Å²) in [7, 11) is 0. The minimum absolute atomic E-state index is 0.159. The highest BCUT2D eigenvalue weighted by molar-refractivity contribution is 5.29. The second-order valence-corrected chi connectivity index (χ2v) is 23.5. The molecule has 72 heavy (non-hydrogen) atoms. The fourth-order valence-corrected chi connectivity index (χ4v) is 15.1. The summed E-state index contributed by atoms with van der Waals surface area (Å²) >= 11 is 0. The van der Waals surface area contributed by atoms with Gasteiger partial charge in [-0.25, -0.2) is 0 Å². The third-order valence-corrected chi connectivity index (χ3v) is 19.7. The molecule has 9 fully saturated rings. The van der Waals surface area contributed by atoms with E-state index >= 15 is 0 Å². The van der Waals surface area contributed by atoms with Gasteiger partial charge in [-0.1, -0.05) is 39.3 Å². The number of aliphatic hydroxyl groups is 12. The Labute approximate surface area is 419 Å². The predicted molar refractivity (Wildman–Crippen MR) is 242 cm³/mol. The summed E-state index contributed by atoms with van der Waals surface area (Å²) in [6.45, 7) is 9.05. The molecule has 12 N–H and O–H groups in total. The molecule has 0 radical (unpaired) electrons. The van der Waals surface area contributed by atoms with Crippen LogP contribution in [0.2, 0.25) is 0 Å². The molecule has 6 aliphatic heterocycles. The smallest absolute Gasteiger partial charge is 0.187 e. The summed E-state index contributed by atoms with van der Waals surface area (Å²) in [5, 5.41) is 130. The van der Waals surface area contributed by atoms with Gasteiger partial charge in [0.05, 0.1) is 44.7 Å². The third-order valence-electron chi connectivity index (χ3n) is 19.7. The lowest BCUT2D eigenvalue weighted by Gasteiger charge is -2.60. The van der Waals surface area contributed by atoms with E-state index < -0.39 is 154 Å². The van der Waals surface area contributed by atoms with Gasteiger partial charge in [0.15, 0.2) is 30.9 Å². The van der Waals surface area contributed by atoms with Crippen molar-refractivity contribution in [1.82, 2.24) is 0 Å². The number of hydrogen-bond donors (Lipinski definition) is 12. The maximum atomic E-state index is 12.9. The van der Waals surface area contributed by atoms with E-state index in [1.54, 1.807) is 0 Å². The zero-order valence-corrected chi connectivity index (χ0v) is 41.7. The lowest BCUT2D eigenvalue weighted by molar-refractivity contribution is -0.380. The van der Waals surface area contributed by atoms with Crippen molar-refractivity contribution in [2.45, 2.75) is 233 Å². The van der Waals surface area contributed by atoms with Crippen LogP contribution in [0.25, 0.3) is 0 Å². The van der Waals surface area contributed by atoms with Crippen LogP contribution in [0.5, 0.6) is 0 Å². The second kappa shape index (κ2) is 20.3. The minimum Gasteiger partial charge on any atom is -0.394 e. The third kappa shape index (κ3) is 8.70. The molecular weight excluding hydrogens is 953 g/mol. The number of aliphatic hydroxyl groups excluding tert-OH is 11. The van der Waals surface area contributed by atoms with E-state index in [-0.39, 0.29) is 28.8 Å². The zero-order valence-electron chi connectivity index (χ0n) is 41.7. The molecule has 10 rings (SSSR count).